The van der Waals surface area contributed by atoms with Crippen LogP contribution in [0.4, 0.5) is 13.2 Å². The smallest absolute Gasteiger partial charge is 0.372 e. The fourth-order valence-corrected chi connectivity index (χ4v) is 2.87. The van der Waals surface area contributed by atoms with Crippen LogP contribution < -0.4 is 5.73 Å². The summed E-state index contributed by atoms with van der Waals surface area (Å²) in [6, 6.07) is 0.376. The van der Waals surface area contributed by atoms with Crippen LogP contribution in [-0.4, -0.2) is 50.0 Å². The lowest BCUT2D eigenvalue weighted by Crippen LogP contribution is -2.49. The van der Waals surface area contributed by atoms with E-state index >= 15 is 0 Å². The first-order valence-corrected chi connectivity index (χ1v) is 7.06. The zero-order valence-electron chi connectivity index (χ0n) is 11.6. The van der Waals surface area contributed by atoms with E-state index in [0.717, 1.165) is 25.9 Å². The van der Waals surface area contributed by atoms with Crippen molar-refractivity contribution < 1.29 is 17.9 Å². The number of hydrogen-bond donors (Lipinski definition) is 1. The summed E-state index contributed by atoms with van der Waals surface area (Å²) in [6.45, 7) is 3.58. The number of nitrogens with two attached hydrogens (primary N) is 1. The van der Waals surface area contributed by atoms with E-state index in [2.05, 4.69) is 16.6 Å². The van der Waals surface area contributed by atoms with Crippen LogP contribution in [0.3, 0.4) is 0 Å². The van der Waals surface area contributed by atoms with Gasteiger partial charge < -0.3 is 10.5 Å². The molecule has 0 spiro atoms. The third-order valence-corrected chi connectivity index (χ3v) is 3.80. The van der Waals surface area contributed by atoms with Crippen LogP contribution in [-0.2, 0) is 4.74 Å². The number of likely N-dealkylation sites (tertiary alicyclic amines) is 1. The van der Waals surface area contributed by atoms with Gasteiger partial charge in [0.05, 0.1) is 0 Å². The summed E-state index contributed by atoms with van der Waals surface area (Å²) in [5.41, 5.74) is 5.83. The number of piperidine rings is 1. The molecule has 0 aromatic rings. The summed E-state index contributed by atoms with van der Waals surface area (Å²) >= 11 is 0. The van der Waals surface area contributed by atoms with Gasteiger partial charge >= 0.3 is 6.18 Å². The molecule has 0 aromatic carbocycles. The Kier molecular flexibility index (Phi) is 7.10. The fourth-order valence-electron chi connectivity index (χ4n) is 2.87. The molecule has 1 heterocycles. The fraction of sp³-hybridized carbons (Fsp3) is 1.00. The molecule has 3 nitrogen and oxygen atoms in total. The van der Waals surface area contributed by atoms with Crippen molar-refractivity contribution in [1.29, 1.82) is 0 Å². The maximum atomic E-state index is 11.9. The number of halogens is 3. The SMILES string of the molecule is CCC1CCCN(CCCOCC(F)(F)F)C1CN. The molecule has 114 valence electrons. The van der Waals surface area contributed by atoms with E-state index in [1.165, 1.54) is 6.42 Å². The number of ether oxygens (including phenoxy) is 1. The highest BCUT2D eigenvalue weighted by Gasteiger charge is 2.29. The molecule has 1 aliphatic heterocycles. The molecule has 0 saturated carbocycles. The van der Waals surface area contributed by atoms with Crippen molar-refractivity contribution in [3.05, 3.63) is 0 Å². The Morgan fingerprint density at radius 1 is 1.37 bits per heavy atom. The molecule has 1 rings (SSSR count). The number of rotatable bonds is 7. The molecule has 1 saturated heterocycles. The van der Waals surface area contributed by atoms with Crippen molar-refractivity contribution in [1.82, 2.24) is 4.90 Å². The molecule has 2 atom stereocenters. The third kappa shape index (κ3) is 6.10. The minimum absolute atomic E-state index is 0.157. The molecular weight excluding hydrogens is 257 g/mol. The Bertz CT molecular complexity index is 249. The van der Waals surface area contributed by atoms with Gasteiger partial charge in [0.1, 0.15) is 6.61 Å². The summed E-state index contributed by atoms with van der Waals surface area (Å²) in [4.78, 5) is 2.31. The van der Waals surface area contributed by atoms with E-state index < -0.39 is 12.8 Å². The lowest BCUT2D eigenvalue weighted by atomic mass is 9.87. The minimum atomic E-state index is -4.22. The first kappa shape index (κ1) is 16.7. The zero-order chi connectivity index (χ0) is 14.3. The standard InChI is InChI=1S/C13H25F3N2O/c1-2-11-5-3-6-18(12(11)9-17)7-4-8-19-10-13(14,15)16/h11-12H,2-10,17H2,1H3. The Hall–Kier alpha value is -0.330. The average Bonchev–Trinajstić information content (AvgIpc) is 2.36. The van der Waals surface area contributed by atoms with Crippen molar-refractivity contribution in [2.75, 3.05) is 32.8 Å². The van der Waals surface area contributed by atoms with Gasteiger partial charge in [-0.1, -0.05) is 13.3 Å². The molecule has 0 aromatic heterocycles. The maximum absolute atomic E-state index is 11.9. The van der Waals surface area contributed by atoms with Crippen molar-refractivity contribution in [2.24, 2.45) is 11.7 Å². The first-order chi connectivity index (χ1) is 8.98. The van der Waals surface area contributed by atoms with Gasteiger partial charge in [-0.05, 0) is 31.7 Å². The topological polar surface area (TPSA) is 38.5 Å². The summed E-state index contributed by atoms with van der Waals surface area (Å²) in [6.07, 6.45) is -0.123. The molecular formula is C13H25F3N2O. The second-order valence-corrected chi connectivity index (χ2v) is 5.17. The second-order valence-electron chi connectivity index (χ2n) is 5.17. The maximum Gasteiger partial charge on any atom is 0.411 e. The van der Waals surface area contributed by atoms with Crippen LogP contribution >= 0.6 is 0 Å². The Morgan fingerprint density at radius 2 is 2.11 bits per heavy atom. The summed E-state index contributed by atoms with van der Waals surface area (Å²) in [5, 5.41) is 0. The van der Waals surface area contributed by atoms with E-state index in [1.807, 2.05) is 0 Å². The van der Waals surface area contributed by atoms with Gasteiger partial charge in [-0.3, -0.25) is 4.90 Å². The summed E-state index contributed by atoms with van der Waals surface area (Å²) < 4.78 is 40.3. The molecule has 1 aliphatic rings. The van der Waals surface area contributed by atoms with Gasteiger partial charge in [0, 0.05) is 25.7 Å². The van der Waals surface area contributed by atoms with Crippen molar-refractivity contribution in [3.8, 4) is 0 Å². The highest BCUT2D eigenvalue weighted by Crippen LogP contribution is 2.25. The zero-order valence-corrected chi connectivity index (χ0v) is 11.6. The third-order valence-electron chi connectivity index (χ3n) is 3.80. The largest absolute Gasteiger partial charge is 0.411 e. The Balaban J connectivity index is 2.23. The number of nitrogens with zero attached hydrogens (tertiary/aromatic N) is 1. The normalized spacial score (nSPS) is 25.7. The predicted molar refractivity (Wildman–Crippen MR) is 68.9 cm³/mol. The quantitative estimate of drug-likeness (QED) is 0.729. The van der Waals surface area contributed by atoms with Gasteiger partial charge in [0.15, 0.2) is 0 Å². The lowest BCUT2D eigenvalue weighted by Gasteiger charge is -2.40. The van der Waals surface area contributed by atoms with Crippen LogP contribution in [0.5, 0.6) is 0 Å². The monoisotopic (exact) mass is 282 g/mol. The lowest BCUT2D eigenvalue weighted by molar-refractivity contribution is -0.174. The van der Waals surface area contributed by atoms with E-state index in [-0.39, 0.29) is 6.61 Å². The Labute approximate surface area is 113 Å². The first-order valence-electron chi connectivity index (χ1n) is 7.06. The van der Waals surface area contributed by atoms with E-state index in [9.17, 15) is 13.2 Å². The number of hydrogen-bond acceptors (Lipinski definition) is 3. The Morgan fingerprint density at radius 3 is 2.68 bits per heavy atom. The van der Waals surface area contributed by atoms with Gasteiger partial charge in [-0.15, -0.1) is 0 Å². The van der Waals surface area contributed by atoms with E-state index in [0.29, 0.717) is 24.9 Å². The molecule has 1 fully saturated rings. The van der Waals surface area contributed by atoms with Gasteiger partial charge in [-0.25, -0.2) is 0 Å². The molecule has 0 radical (unpaired) electrons. The second kappa shape index (κ2) is 8.07. The van der Waals surface area contributed by atoms with E-state index in [1.54, 1.807) is 0 Å². The van der Waals surface area contributed by atoms with Crippen LogP contribution in [0.25, 0.3) is 0 Å². The van der Waals surface area contributed by atoms with Crippen LogP contribution in [0.15, 0.2) is 0 Å². The molecule has 2 N–H and O–H groups in total. The van der Waals surface area contributed by atoms with Crippen molar-refractivity contribution in [3.63, 3.8) is 0 Å². The van der Waals surface area contributed by atoms with Crippen LogP contribution in [0, 0.1) is 5.92 Å². The van der Waals surface area contributed by atoms with Crippen LogP contribution in [0.2, 0.25) is 0 Å². The minimum Gasteiger partial charge on any atom is -0.372 e. The van der Waals surface area contributed by atoms with Gasteiger partial charge in [0.25, 0.3) is 0 Å². The van der Waals surface area contributed by atoms with Crippen molar-refractivity contribution in [2.45, 2.75) is 44.8 Å². The van der Waals surface area contributed by atoms with E-state index in [4.69, 9.17) is 5.73 Å². The molecule has 0 aliphatic carbocycles. The molecule has 6 heteroatoms. The highest BCUT2D eigenvalue weighted by atomic mass is 19.4. The van der Waals surface area contributed by atoms with Crippen LogP contribution in [0.1, 0.15) is 32.6 Å². The van der Waals surface area contributed by atoms with Gasteiger partial charge in [-0.2, -0.15) is 13.2 Å². The predicted octanol–water partition coefficient (Wildman–Crippen LogP) is 2.40. The summed E-state index contributed by atoms with van der Waals surface area (Å²) in [7, 11) is 0. The molecule has 19 heavy (non-hydrogen) atoms. The summed E-state index contributed by atoms with van der Waals surface area (Å²) in [5.74, 6) is 0.620. The van der Waals surface area contributed by atoms with Gasteiger partial charge in [0.2, 0.25) is 0 Å². The average molecular weight is 282 g/mol. The molecule has 2 unspecified atom stereocenters. The molecule has 0 bridgehead atoms. The molecule has 0 amide bonds. The highest BCUT2D eigenvalue weighted by molar-refractivity contribution is 4.84. The number of alkyl halides is 3. The van der Waals surface area contributed by atoms with Crippen molar-refractivity contribution >= 4 is 0 Å².